The standard InChI is InChI=1S/C22H26ClN3O4S2.ClH/c1-4-25(5-2)12-13-26(22-24-19-11-8-17(30-3)14-20(19)31-22)21(27)15-32(28,29)18-9-6-16(23)7-10-18;/h6-11,14H,4-5,12-13,15H2,1-3H3;1H. The summed E-state index contributed by atoms with van der Waals surface area (Å²) in [5.74, 6) is -0.469. The lowest BCUT2D eigenvalue weighted by Gasteiger charge is -2.24. The van der Waals surface area contributed by atoms with Crippen molar-refractivity contribution in [1.29, 1.82) is 0 Å². The van der Waals surface area contributed by atoms with Gasteiger partial charge >= 0.3 is 0 Å². The molecule has 1 heterocycles. The fourth-order valence-electron chi connectivity index (χ4n) is 3.21. The second kappa shape index (κ2) is 12.0. The van der Waals surface area contributed by atoms with Gasteiger partial charge in [-0.2, -0.15) is 0 Å². The summed E-state index contributed by atoms with van der Waals surface area (Å²) in [6.07, 6.45) is 0. The second-order valence-electron chi connectivity index (χ2n) is 7.12. The first-order valence-corrected chi connectivity index (χ1v) is 13.1. The largest absolute Gasteiger partial charge is 0.497 e. The van der Waals surface area contributed by atoms with Crippen molar-refractivity contribution < 1.29 is 17.9 Å². The number of nitrogens with zero attached hydrogens (tertiary/aromatic N) is 3. The van der Waals surface area contributed by atoms with Crippen molar-refractivity contribution in [2.24, 2.45) is 0 Å². The highest BCUT2D eigenvalue weighted by molar-refractivity contribution is 7.92. The van der Waals surface area contributed by atoms with Gasteiger partial charge in [-0.25, -0.2) is 13.4 Å². The molecule has 0 spiro atoms. The summed E-state index contributed by atoms with van der Waals surface area (Å²) >= 11 is 7.20. The van der Waals surface area contributed by atoms with Crippen LogP contribution in [0.3, 0.4) is 0 Å². The molecule has 11 heteroatoms. The minimum Gasteiger partial charge on any atom is -0.497 e. The SMILES string of the molecule is CCN(CC)CCN(C(=O)CS(=O)(=O)c1ccc(Cl)cc1)c1nc2ccc(OC)cc2s1.Cl. The molecule has 1 aromatic heterocycles. The molecule has 0 atom stereocenters. The van der Waals surface area contributed by atoms with Gasteiger partial charge in [0.15, 0.2) is 15.0 Å². The molecular weight excluding hydrogens is 505 g/mol. The Balaban J connectivity index is 0.00000385. The van der Waals surface area contributed by atoms with Crippen molar-refractivity contribution in [3.05, 3.63) is 47.5 Å². The first-order valence-electron chi connectivity index (χ1n) is 10.2. The molecule has 1 amide bonds. The summed E-state index contributed by atoms with van der Waals surface area (Å²) in [5.41, 5.74) is 0.729. The predicted octanol–water partition coefficient (Wildman–Crippen LogP) is 4.53. The first kappa shape index (κ1) is 27.3. The Morgan fingerprint density at radius 2 is 1.76 bits per heavy atom. The van der Waals surface area contributed by atoms with E-state index in [1.165, 1.54) is 40.5 Å². The lowest BCUT2D eigenvalue weighted by atomic mass is 10.3. The molecule has 0 N–H and O–H groups in total. The van der Waals surface area contributed by atoms with Crippen LogP contribution in [-0.4, -0.2) is 63.3 Å². The summed E-state index contributed by atoms with van der Waals surface area (Å²) in [6.45, 7) is 6.71. The van der Waals surface area contributed by atoms with E-state index in [9.17, 15) is 13.2 Å². The molecule has 3 aromatic rings. The van der Waals surface area contributed by atoms with E-state index in [0.717, 1.165) is 23.3 Å². The minimum absolute atomic E-state index is 0. The summed E-state index contributed by atoms with van der Waals surface area (Å²) in [4.78, 5) is 21.5. The van der Waals surface area contributed by atoms with Crippen molar-refractivity contribution >= 4 is 66.4 Å². The highest BCUT2D eigenvalue weighted by atomic mass is 35.5. The number of hydrogen-bond acceptors (Lipinski definition) is 7. The number of amides is 1. The van der Waals surface area contributed by atoms with Crippen LogP contribution in [0.25, 0.3) is 10.2 Å². The fourth-order valence-corrected chi connectivity index (χ4v) is 5.57. The molecule has 0 saturated carbocycles. The van der Waals surface area contributed by atoms with Crippen LogP contribution in [0.15, 0.2) is 47.4 Å². The zero-order valence-electron chi connectivity index (χ0n) is 18.7. The maximum atomic E-state index is 13.2. The zero-order valence-corrected chi connectivity index (χ0v) is 21.9. The van der Waals surface area contributed by atoms with Crippen LogP contribution in [0.4, 0.5) is 5.13 Å². The molecule has 3 rings (SSSR count). The number of likely N-dealkylation sites (N-methyl/N-ethyl adjacent to an activating group) is 1. The normalized spacial score (nSPS) is 11.4. The van der Waals surface area contributed by atoms with E-state index < -0.39 is 21.5 Å². The van der Waals surface area contributed by atoms with Crippen molar-refractivity contribution in [1.82, 2.24) is 9.88 Å². The van der Waals surface area contributed by atoms with E-state index >= 15 is 0 Å². The molecule has 33 heavy (non-hydrogen) atoms. The highest BCUT2D eigenvalue weighted by Gasteiger charge is 2.27. The number of benzene rings is 2. The molecule has 0 radical (unpaired) electrons. The quantitative estimate of drug-likeness (QED) is 0.382. The number of halogens is 2. The van der Waals surface area contributed by atoms with E-state index in [4.69, 9.17) is 16.3 Å². The number of sulfone groups is 1. The number of thiazole rings is 1. The molecular formula is C22H27Cl2N3O4S2. The lowest BCUT2D eigenvalue weighted by molar-refractivity contribution is -0.116. The molecule has 0 aliphatic heterocycles. The summed E-state index contributed by atoms with van der Waals surface area (Å²) in [7, 11) is -2.24. The molecule has 7 nitrogen and oxygen atoms in total. The van der Waals surface area contributed by atoms with E-state index in [0.29, 0.717) is 29.0 Å². The van der Waals surface area contributed by atoms with Crippen LogP contribution >= 0.6 is 35.3 Å². The average Bonchev–Trinajstić information content (AvgIpc) is 3.19. The monoisotopic (exact) mass is 531 g/mol. The summed E-state index contributed by atoms with van der Waals surface area (Å²) in [5, 5.41) is 0.901. The summed E-state index contributed by atoms with van der Waals surface area (Å²) < 4.78 is 31.9. The Hall–Kier alpha value is -1.91. The third-order valence-electron chi connectivity index (χ3n) is 5.14. The van der Waals surface area contributed by atoms with Crippen molar-refractivity contribution in [2.45, 2.75) is 18.7 Å². The molecule has 0 unspecified atom stereocenters. The minimum atomic E-state index is -3.83. The third kappa shape index (κ3) is 6.80. The number of carbonyl (C=O) groups is 1. The number of fused-ring (bicyclic) bond motifs is 1. The van der Waals surface area contributed by atoms with Gasteiger partial charge in [-0.3, -0.25) is 9.69 Å². The van der Waals surface area contributed by atoms with Gasteiger partial charge in [0.1, 0.15) is 11.5 Å². The second-order valence-corrected chi connectivity index (χ2v) is 10.6. The van der Waals surface area contributed by atoms with Crippen molar-refractivity contribution in [3.63, 3.8) is 0 Å². The van der Waals surface area contributed by atoms with Crippen LogP contribution in [-0.2, 0) is 14.6 Å². The average molecular weight is 533 g/mol. The van der Waals surface area contributed by atoms with Crippen LogP contribution in [0, 0.1) is 0 Å². The maximum Gasteiger partial charge on any atom is 0.244 e. The van der Waals surface area contributed by atoms with Crippen molar-refractivity contribution in [3.8, 4) is 5.75 Å². The zero-order chi connectivity index (χ0) is 23.3. The van der Waals surface area contributed by atoms with Gasteiger partial charge in [-0.1, -0.05) is 36.8 Å². The van der Waals surface area contributed by atoms with Gasteiger partial charge in [0.25, 0.3) is 0 Å². The van der Waals surface area contributed by atoms with E-state index in [1.807, 2.05) is 26.0 Å². The molecule has 2 aromatic carbocycles. The van der Waals surface area contributed by atoms with Gasteiger partial charge in [0, 0.05) is 18.1 Å². The van der Waals surface area contributed by atoms with Gasteiger partial charge in [-0.15, -0.1) is 12.4 Å². The number of methoxy groups -OCH3 is 1. The van der Waals surface area contributed by atoms with Crippen LogP contribution < -0.4 is 9.64 Å². The number of anilines is 1. The molecule has 0 saturated heterocycles. The van der Waals surface area contributed by atoms with Gasteiger partial charge < -0.3 is 9.64 Å². The van der Waals surface area contributed by atoms with E-state index in [2.05, 4.69) is 9.88 Å². The Labute approximate surface area is 209 Å². The molecule has 0 aliphatic rings. The van der Waals surface area contributed by atoms with E-state index in [-0.39, 0.29) is 17.3 Å². The van der Waals surface area contributed by atoms with Crippen LogP contribution in [0.2, 0.25) is 5.02 Å². The van der Waals surface area contributed by atoms with Crippen LogP contribution in [0.5, 0.6) is 5.75 Å². The van der Waals surface area contributed by atoms with Gasteiger partial charge in [0.05, 0.1) is 22.2 Å². The lowest BCUT2D eigenvalue weighted by Crippen LogP contribution is -2.41. The Kier molecular flexibility index (Phi) is 9.93. The number of aromatic nitrogens is 1. The van der Waals surface area contributed by atoms with Gasteiger partial charge in [-0.05, 0) is 55.6 Å². The Morgan fingerprint density at radius 3 is 2.36 bits per heavy atom. The third-order valence-corrected chi connectivity index (χ3v) is 8.05. The van der Waals surface area contributed by atoms with Crippen LogP contribution in [0.1, 0.15) is 13.8 Å². The number of carbonyl (C=O) groups excluding carboxylic acids is 1. The number of hydrogen-bond donors (Lipinski definition) is 0. The Bertz CT molecular complexity index is 1180. The maximum absolute atomic E-state index is 13.2. The fraction of sp³-hybridized carbons (Fsp3) is 0.364. The smallest absolute Gasteiger partial charge is 0.244 e. The molecule has 180 valence electrons. The summed E-state index contributed by atoms with van der Waals surface area (Å²) in [6, 6.07) is 11.3. The predicted molar refractivity (Wildman–Crippen MR) is 137 cm³/mol. The topological polar surface area (TPSA) is 79.8 Å². The number of ether oxygens (including phenoxy) is 1. The van der Waals surface area contributed by atoms with Gasteiger partial charge in [0.2, 0.25) is 5.91 Å². The van der Waals surface area contributed by atoms with E-state index in [1.54, 1.807) is 13.2 Å². The number of rotatable bonds is 10. The highest BCUT2D eigenvalue weighted by Crippen LogP contribution is 2.32. The molecule has 0 fully saturated rings. The molecule has 0 bridgehead atoms. The first-order chi connectivity index (χ1) is 15.3. The Morgan fingerprint density at radius 1 is 1.09 bits per heavy atom. The molecule has 0 aliphatic carbocycles. The van der Waals surface area contributed by atoms with Crippen molar-refractivity contribution in [2.75, 3.05) is 43.9 Å².